The molecule has 1 saturated heterocycles. The summed E-state index contributed by atoms with van der Waals surface area (Å²) in [6.45, 7) is 3.96. The molecule has 3 aromatic rings. The minimum Gasteiger partial charge on any atom is -0.507 e. The largest absolute Gasteiger partial charge is 0.507 e. The number of likely N-dealkylation sites (tertiary alicyclic amines) is 1. The van der Waals surface area contributed by atoms with E-state index in [4.69, 9.17) is 25.5 Å². The molecule has 0 radical (unpaired) electrons. The molecule has 0 aliphatic carbocycles. The van der Waals surface area contributed by atoms with E-state index < -0.39 is 17.7 Å². The number of ether oxygens (including phenoxy) is 2. The molecular weight excluding hydrogens is 458 g/mol. The van der Waals surface area contributed by atoms with Crippen LogP contribution in [0.1, 0.15) is 22.9 Å². The first-order valence-corrected chi connectivity index (χ1v) is 10.8. The average molecular weight is 480 g/mol. The number of carbonyl (C=O) groups excluding carboxylic acids is 2. The molecule has 0 saturated carbocycles. The van der Waals surface area contributed by atoms with Crippen LogP contribution >= 0.6 is 11.6 Å². The molecule has 7 nitrogen and oxygen atoms in total. The van der Waals surface area contributed by atoms with E-state index in [9.17, 15) is 14.7 Å². The number of Topliss-reactive ketones (excluding diaryl/α,β-unsaturated/α-hetero) is 1. The van der Waals surface area contributed by atoms with Crippen molar-refractivity contribution in [2.75, 3.05) is 13.7 Å². The number of nitrogens with zero attached hydrogens (tertiary/aromatic N) is 1. The van der Waals surface area contributed by atoms with Gasteiger partial charge in [-0.25, -0.2) is 0 Å². The van der Waals surface area contributed by atoms with E-state index in [2.05, 4.69) is 6.58 Å². The molecule has 1 aromatic heterocycles. The number of hydrogen-bond donors (Lipinski definition) is 1. The van der Waals surface area contributed by atoms with Crippen molar-refractivity contribution in [3.63, 3.8) is 0 Å². The van der Waals surface area contributed by atoms with Crippen LogP contribution in [0.5, 0.6) is 11.5 Å². The van der Waals surface area contributed by atoms with Crippen molar-refractivity contribution >= 4 is 29.1 Å². The van der Waals surface area contributed by atoms with Gasteiger partial charge in [-0.2, -0.15) is 0 Å². The van der Waals surface area contributed by atoms with E-state index in [1.54, 1.807) is 60.7 Å². The monoisotopic (exact) mass is 479 g/mol. The van der Waals surface area contributed by atoms with Gasteiger partial charge in [0.1, 0.15) is 18.1 Å². The molecule has 1 N–H and O–H groups in total. The first-order valence-electron chi connectivity index (χ1n) is 10.4. The first-order chi connectivity index (χ1) is 16.4. The van der Waals surface area contributed by atoms with Crippen LogP contribution in [0, 0.1) is 0 Å². The fraction of sp³-hybridized carbons (Fsp3) is 0.154. The summed E-state index contributed by atoms with van der Waals surface area (Å²) in [5.74, 6) is -0.455. The number of methoxy groups -OCH3 is 1. The zero-order chi connectivity index (χ0) is 24.2. The second-order valence-electron chi connectivity index (χ2n) is 7.52. The van der Waals surface area contributed by atoms with Gasteiger partial charge in [0.05, 0.1) is 31.5 Å². The molecule has 1 fully saturated rings. The lowest BCUT2D eigenvalue weighted by atomic mass is 9.95. The predicted octanol–water partition coefficient (Wildman–Crippen LogP) is 5.13. The zero-order valence-corrected chi connectivity index (χ0v) is 19.1. The lowest BCUT2D eigenvalue weighted by molar-refractivity contribution is -0.140. The molecule has 2 aromatic carbocycles. The Bertz CT molecular complexity index is 1250. The van der Waals surface area contributed by atoms with Crippen molar-refractivity contribution in [2.45, 2.75) is 12.6 Å². The van der Waals surface area contributed by atoms with Gasteiger partial charge in [0, 0.05) is 10.6 Å². The van der Waals surface area contributed by atoms with Gasteiger partial charge in [0.25, 0.3) is 11.7 Å². The van der Waals surface area contributed by atoms with E-state index in [0.29, 0.717) is 33.4 Å². The van der Waals surface area contributed by atoms with Crippen molar-refractivity contribution < 1.29 is 28.6 Å². The fourth-order valence-corrected chi connectivity index (χ4v) is 3.97. The van der Waals surface area contributed by atoms with Crippen molar-refractivity contribution in [1.82, 2.24) is 4.90 Å². The highest BCUT2D eigenvalue weighted by atomic mass is 35.5. The number of amides is 1. The highest BCUT2D eigenvalue weighted by Crippen LogP contribution is 2.42. The molecular formula is C26H22ClNO6. The number of carbonyl (C=O) groups is 2. The standard InChI is InChI=1S/C26H22ClNO6/c1-3-12-34-20-11-8-17(14-21(20)32-2)23-22(24(29)16-6-9-18(27)10-7-16)25(30)26(31)28(23)15-19-5-4-13-33-19/h3-11,13-14,23,29H,1,12,15H2,2H3. The van der Waals surface area contributed by atoms with Crippen LogP contribution < -0.4 is 9.47 Å². The highest BCUT2D eigenvalue weighted by molar-refractivity contribution is 6.46. The Morgan fingerprint density at radius 3 is 2.59 bits per heavy atom. The third kappa shape index (κ3) is 4.43. The van der Waals surface area contributed by atoms with Crippen LogP contribution in [0.2, 0.25) is 5.02 Å². The molecule has 1 aliphatic heterocycles. The predicted molar refractivity (Wildman–Crippen MR) is 127 cm³/mol. The quantitative estimate of drug-likeness (QED) is 0.208. The maximum absolute atomic E-state index is 13.1. The average Bonchev–Trinajstić information content (AvgIpc) is 3.45. The third-order valence-electron chi connectivity index (χ3n) is 5.42. The summed E-state index contributed by atoms with van der Waals surface area (Å²) in [6.07, 6.45) is 3.10. The van der Waals surface area contributed by atoms with Crippen LogP contribution in [0.25, 0.3) is 5.76 Å². The van der Waals surface area contributed by atoms with E-state index >= 15 is 0 Å². The Kier molecular flexibility index (Phi) is 6.75. The summed E-state index contributed by atoms with van der Waals surface area (Å²) in [6, 6.07) is 14.0. The second-order valence-corrected chi connectivity index (χ2v) is 7.96. The Balaban J connectivity index is 1.86. The maximum Gasteiger partial charge on any atom is 0.296 e. The second kappa shape index (κ2) is 9.89. The highest BCUT2D eigenvalue weighted by Gasteiger charge is 2.46. The molecule has 2 heterocycles. The molecule has 0 spiro atoms. The van der Waals surface area contributed by atoms with E-state index in [-0.39, 0.29) is 24.5 Å². The molecule has 1 amide bonds. The number of furan rings is 1. The Hall–Kier alpha value is -3.97. The summed E-state index contributed by atoms with van der Waals surface area (Å²) >= 11 is 5.97. The summed E-state index contributed by atoms with van der Waals surface area (Å²) in [4.78, 5) is 27.6. The van der Waals surface area contributed by atoms with Crippen LogP contribution in [0.15, 0.2) is 83.5 Å². The number of rotatable bonds is 8. The fourth-order valence-electron chi connectivity index (χ4n) is 3.85. The molecule has 34 heavy (non-hydrogen) atoms. The molecule has 1 atom stereocenters. The Morgan fingerprint density at radius 2 is 1.94 bits per heavy atom. The van der Waals surface area contributed by atoms with Gasteiger partial charge in [0.15, 0.2) is 11.5 Å². The number of aliphatic hydroxyl groups is 1. The number of benzene rings is 2. The molecule has 0 bridgehead atoms. The summed E-state index contributed by atoms with van der Waals surface area (Å²) < 4.78 is 16.5. The van der Waals surface area contributed by atoms with Gasteiger partial charge in [-0.05, 0) is 54.1 Å². The van der Waals surface area contributed by atoms with Gasteiger partial charge >= 0.3 is 0 Å². The van der Waals surface area contributed by atoms with Crippen LogP contribution in [-0.2, 0) is 16.1 Å². The van der Waals surface area contributed by atoms with Gasteiger partial charge in [-0.1, -0.05) is 30.3 Å². The normalized spacial score (nSPS) is 17.1. The summed E-state index contributed by atoms with van der Waals surface area (Å²) in [5.41, 5.74) is 0.882. The molecule has 174 valence electrons. The van der Waals surface area contributed by atoms with Crippen LogP contribution in [0.4, 0.5) is 0 Å². The van der Waals surface area contributed by atoms with Crippen molar-refractivity contribution in [3.05, 3.63) is 101 Å². The molecule has 1 aliphatic rings. The van der Waals surface area contributed by atoms with Crippen LogP contribution in [-0.4, -0.2) is 35.4 Å². The number of ketones is 1. The number of hydrogen-bond acceptors (Lipinski definition) is 6. The minimum absolute atomic E-state index is 0.0384. The maximum atomic E-state index is 13.1. The Morgan fingerprint density at radius 1 is 1.18 bits per heavy atom. The van der Waals surface area contributed by atoms with Gasteiger partial charge in [-0.15, -0.1) is 0 Å². The zero-order valence-electron chi connectivity index (χ0n) is 18.4. The lowest BCUT2D eigenvalue weighted by Gasteiger charge is -2.25. The summed E-state index contributed by atoms with van der Waals surface area (Å²) in [7, 11) is 1.49. The SMILES string of the molecule is C=CCOc1ccc(C2C(=C(O)c3ccc(Cl)cc3)C(=O)C(=O)N2Cc2ccco2)cc1OC. The topological polar surface area (TPSA) is 89.2 Å². The number of halogens is 1. The smallest absolute Gasteiger partial charge is 0.296 e. The van der Waals surface area contributed by atoms with E-state index in [1.807, 2.05) is 0 Å². The third-order valence-corrected chi connectivity index (χ3v) is 5.68. The Labute approximate surface area is 201 Å². The van der Waals surface area contributed by atoms with Gasteiger partial charge < -0.3 is 23.9 Å². The number of aliphatic hydroxyl groups excluding tert-OH is 1. The van der Waals surface area contributed by atoms with Gasteiger partial charge in [-0.3, -0.25) is 9.59 Å². The molecule has 1 unspecified atom stereocenters. The minimum atomic E-state index is -0.886. The van der Waals surface area contributed by atoms with E-state index in [1.165, 1.54) is 18.3 Å². The first kappa shape index (κ1) is 23.2. The lowest BCUT2D eigenvalue weighted by Crippen LogP contribution is -2.29. The summed E-state index contributed by atoms with van der Waals surface area (Å²) in [5, 5.41) is 11.6. The van der Waals surface area contributed by atoms with Crippen molar-refractivity contribution in [3.8, 4) is 11.5 Å². The van der Waals surface area contributed by atoms with Crippen molar-refractivity contribution in [1.29, 1.82) is 0 Å². The van der Waals surface area contributed by atoms with Gasteiger partial charge in [0.2, 0.25) is 0 Å². The van der Waals surface area contributed by atoms with E-state index in [0.717, 1.165) is 0 Å². The van der Waals surface area contributed by atoms with Crippen LogP contribution in [0.3, 0.4) is 0 Å². The molecule has 8 heteroatoms. The molecule has 4 rings (SSSR count). The van der Waals surface area contributed by atoms with Crippen molar-refractivity contribution in [2.24, 2.45) is 0 Å².